The van der Waals surface area contributed by atoms with Crippen LogP contribution in [0.25, 0.3) is 0 Å². The van der Waals surface area contributed by atoms with E-state index in [-0.39, 0.29) is 36.9 Å². The Balaban J connectivity index is 1.87. The van der Waals surface area contributed by atoms with Crippen molar-refractivity contribution in [3.05, 3.63) is 0 Å². The quantitative estimate of drug-likeness (QED) is 0.217. The van der Waals surface area contributed by atoms with Crippen LogP contribution in [0.1, 0.15) is 47.0 Å². The lowest BCUT2D eigenvalue weighted by Gasteiger charge is -2.35. The highest BCUT2D eigenvalue weighted by atomic mass is 32.3. The maximum atomic E-state index is 12.5. The summed E-state index contributed by atoms with van der Waals surface area (Å²) in [7, 11) is -4.86. The summed E-state index contributed by atoms with van der Waals surface area (Å²) in [5.41, 5.74) is 2.09. The van der Waals surface area contributed by atoms with Crippen LogP contribution in [-0.2, 0) is 24.3 Å². The number of piperidine rings is 1. The number of nitrogens with zero attached hydrogens (tertiary/aromatic N) is 2. The molecular formula is C17H30N4O9S. The smallest absolute Gasteiger partial charge is 0.418 e. The van der Waals surface area contributed by atoms with Gasteiger partial charge in [0.15, 0.2) is 0 Å². The fourth-order valence-corrected chi connectivity index (χ4v) is 4.60. The van der Waals surface area contributed by atoms with Crippen LogP contribution in [0.15, 0.2) is 0 Å². The predicted molar refractivity (Wildman–Crippen MR) is 106 cm³/mol. The molecule has 4 atom stereocenters. The number of hydroxylamine groups is 3. The van der Waals surface area contributed by atoms with Gasteiger partial charge in [-0.2, -0.15) is 13.5 Å². The molecule has 0 aromatic heterocycles. The first-order valence-electron chi connectivity index (χ1n) is 9.88. The van der Waals surface area contributed by atoms with Gasteiger partial charge in [0.2, 0.25) is 0 Å². The molecule has 0 spiro atoms. The number of nitrogens with one attached hydrogen (secondary N) is 2. The molecule has 178 valence electrons. The first-order chi connectivity index (χ1) is 14.2. The van der Waals surface area contributed by atoms with Gasteiger partial charge >= 0.3 is 22.5 Å². The summed E-state index contributed by atoms with van der Waals surface area (Å²) >= 11 is 0. The molecule has 0 radical (unpaired) electrons. The van der Waals surface area contributed by atoms with Crippen molar-refractivity contribution < 1.29 is 41.6 Å². The average Bonchev–Trinajstić information content (AvgIpc) is 2.83. The van der Waals surface area contributed by atoms with E-state index in [1.165, 1.54) is 0 Å². The topological polar surface area (TPSA) is 175 Å². The van der Waals surface area contributed by atoms with Gasteiger partial charge in [0.25, 0.3) is 5.91 Å². The SMILES string of the molecule is CC(NC(=O)O)C(CCONC(=O)[C@@H]1CC[C@@H]2CN1C(=O)N2OS(=O)(=O)O)C(C)(C)C. The van der Waals surface area contributed by atoms with Crippen LogP contribution < -0.4 is 10.8 Å². The molecule has 2 aliphatic rings. The van der Waals surface area contributed by atoms with Crippen molar-refractivity contribution in [1.29, 1.82) is 0 Å². The van der Waals surface area contributed by atoms with Gasteiger partial charge < -0.3 is 15.3 Å². The number of fused-ring (bicyclic) bond motifs is 2. The third-order valence-corrected chi connectivity index (χ3v) is 5.92. The zero-order valence-electron chi connectivity index (χ0n) is 17.9. The van der Waals surface area contributed by atoms with Gasteiger partial charge in [0, 0.05) is 12.6 Å². The van der Waals surface area contributed by atoms with Crippen LogP contribution in [0.4, 0.5) is 9.59 Å². The predicted octanol–water partition coefficient (Wildman–Crippen LogP) is 0.746. The first kappa shape index (κ1) is 25.1. The maximum absolute atomic E-state index is 12.5. The summed E-state index contributed by atoms with van der Waals surface area (Å²) in [4.78, 5) is 42.2. The van der Waals surface area contributed by atoms with Crippen LogP contribution in [0.5, 0.6) is 0 Å². The van der Waals surface area contributed by atoms with E-state index in [2.05, 4.69) is 15.1 Å². The van der Waals surface area contributed by atoms with Crippen LogP contribution in [-0.4, -0.2) is 77.3 Å². The third kappa shape index (κ3) is 6.66. The summed E-state index contributed by atoms with van der Waals surface area (Å²) in [5, 5.41) is 12.0. The summed E-state index contributed by atoms with van der Waals surface area (Å²) < 4.78 is 35.0. The number of urea groups is 1. The minimum Gasteiger partial charge on any atom is -0.465 e. The zero-order chi connectivity index (χ0) is 23.6. The van der Waals surface area contributed by atoms with E-state index in [4.69, 9.17) is 14.5 Å². The highest BCUT2D eigenvalue weighted by molar-refractivity contribution is 7.80. The van der Waals surface area contributed by atoms with Crippen LogP contribution in [0.2, 0.25) is 0 Å². The third-order valence-electron chi connectivity index (χ3n) is 5.57. The second-order valence-corrected chi connectivity index (χ2v) is 9.83. The monoisotopic (exact) mass is 466 g/mol. The summed E-state index contributed by atoms with van der Waals surface area (Å²) in [6, 6.07) is -2.62. The minimum atomic E-state index is -4.86. The van der Waals surface area contributed by atoms with E-state index in [9.17, 15) is 22.8 Å². The van der Waals surface area contributed by atoms with E-state index >= 15 is 0 Å². The lowest BCUT2D eigenvalue weighted by Crippen LogP contribution is -2.50. The highest BCUT2D eigenvalue weighted by Crippen LogP contribution is 2.32. The molecule has 2 aliphatic heterocycles. The maximum Gasteiger partial charge on any atom is 0.418 e. The minimum absolute atomic E-state index is 0.0674. The highest BCUT2D eigenvalue weighted by Gasteiger charge is 2.49. The Hall–Kier alpha value is -2.16. The Bertz CT molecular complexity index is 798. The normalized spacial score (nSPS) is 23.5. The number of hydrogen-bond acceptors (Lipinski definition) is 7. The van der Waals surface area contributed by atoms with Crippen LogP contribution >= 0.6 is 0 Å². The molecule has 2 bridgehead atoms. The van der Waals surface area contributed by atoms with Crippen molar-refractivity contribution in [3.63, 3.8) is 0 Å². The van der Waals surface area contributed by atoms with Crippen molar-refractivity contribution in [1.82, 2.24) is 20.8 Å². The molecule has 4 N–H and O–H groups in total. The van der Waals surface area contributed by atoms with E-state index < -0.39 is 40.5 Å². The average molecular weight is 467 g/mol. The van der Waals surface area contributed by atoms with E-state index in [0.29, 0.717) is 17.9 Å². The number of carboxylic acid groups (broad SMARTS) is 1. The molecular weight excluding hydrogens is 436 g/mol. The van der Waals surface area contributed by atoms with E-state index in [1.54, 1.807) is 6.92 Å². The van der Waals surface area contributed by atoms with E-state index in [0.717, 1.165) is 4.90 Å². The lowest BCUT2D eigenvalue weighted by atomic mass is 9.75. The van der Waals surface area contributed by atoms with Gasteiger partial charge in [0.05, 0.1) is 12.6 Å². The number of carbonyl (C=O) groups excluding carboxylic acids is 2. The molecule has 14 heteroatoms. The molecule has 31 heavy (non-hydrogen) atoms. The van der Waals surface area contributed by atoms with Crippen molar-refractivity contribution in [3.8, 4) is 0 Å². The number of rotatable bonds is 9. The summed E-state index contributed by atoms with van der Waals surface area (Å²) in [6.45, 7) is 7.91. The van der Waals surface area contributed by atoms with Gasteiger partial charge in [-0.05, 0) is 37.5 Å². The lowest BCUT2D eigenvalue weighted by molar-refractivity contribution is -0.139. The summed E-state index contributed by atoms with van der Waals surface area (Å²) in [6.07, 6.45) is -0.0771. The molecule has 0 aromatic rings. The van der Waals surface area contributed by atoms with Crippen molar-refractivity contribution in [2.75, 3.05) is 13.2 Å². The Kier molecular flexibility index (Phi) is 7.73. The molecule has 2 saturated heterocycles. The molecule has 4 amide bonds. The van der Waals surface area contributed by atoms with E-state index in [1.807, 2.05) is 20.8 Å². The Morgan fingerprint density at radius 1 is 1.29 bits per heavy atom. The number of hydrogen-bond donors (Lipinski definition) is 4. The molecule has 2 fully saturated rings. The van der Waals surface area contributed by atoms with Crippen molar-refractivity contribution in [2.45, 2.75) is 65.1 Å². The molecule has 13 nitrogen and oxygen atoms in total. The Morgan fingerprint density at radius 2 is 1.94 bits per heavy atom. The summed E-state index contributed by atoms with van der Waals surface area (Å²) in [5.74, 6) is -0.633. The van der Waals surface area contributed by atoms with Gasteiger partial charge in [0.1, 0.15) is 6.04 Å². The van der Waals surface area contributed by atoms with Gasteiger partial charge in [-0.3, -0.25) is 14.2 Å². The van der Waals surface area contributed by atoms with Gasteiger partial charge in [-0.25, -0.2) is 15.1 Å². The fraction of sp³-hybridized carbons (Fsp3) is 0.824. The Morgan fingerprint density at radius 3 is 2.48 bits per heavy atom. The standard InChI is InChI=1S/C17H30N4O9S/c1-10(18-15(23)24)12(17(2,3)4)7-8-29-19-14(22)13-6-5-11-9-20(13)16(25)21(11)30-31(26,27)28/h10-13,18H,5-9H2,1-4H3,(H,19,22)(H,23,24)(H,26,27,28)/t10?,11-,12?,13+/m1/s1. The molecule has 2 unspecified atom stereocenters. The van der Waals surface area contributed by atoms with Crippen LogP contribution in [0.3, 0.4) is 0 Å². The first-order valence-corrected chi connectivity index (χ1v) is 11.2. The number of amides is 4. The second kappa shape index (κ2) is 9.54. The zero-order valence-corrected chi connectivity index (χ0v) is 18.7. The van der Waals surface area contributed by atoms with Crippen molar-refractivity contribution in [2.24, 2.45) is 11.3 Å². The van der Waals surface area contributed by atoms with Crippen LogP contribution in [0, 0.1) is 11.3 Å². The fourth-order valence-electron chi connectivity index (χ4n) is 4.21. The molecule has 0 aliphatic carbocycles. The largest absolute Gasteiger partial charge is 0.465 e. The molecule has 2 heterocycles. The molecule has 0 aromatic carbocycles. The molecule has 0 saturated carbocycles. The van der Waals surface area contributed by atoms with Crippen molar-refractivity contribution >= 4 is 28.4 Å². The Labute approximate surface area is 180 Å². The van der Waals surface area contributed by atoms with Gasteiger partial charge in [-0.15, -0.1) is 4.28 Å². The second-order valence-electron chi connectivity index (χ2n) is 8.82. The van der Waals surface area contributed by atoms with Gasteiger partial charge in [-0.1, -0.05) is 20.8 Å². The molecule has 2 rings (SSSR count). The number of carbonyl (C=O) groups is 3.